The molecule has 90 valence electrons. The molecule has 0 N–H and O–H groups in total. The van der Waals surface area contributed by atoms with Crippen LogP contribution in [0.1, 0.15) is 22.3 Å². The summed E-state index contributed by atoms with van der Waals surface area (Å²) in [7, 11) is 0. The van der Waals surface area contributed by atoms with Crippen LogP contribution >= 0.6 is 0 Å². The van der Waals surface area contributed by atoms with E-state index in [1.54, 1.807) is 0 Å². The Morgan fingerprint density at radius 3 is 1.56 bits per heavy atom. The van der Waals surface area contributed by atoms with Gasteiger partial charge >= 0.3 is 0 Å². The van der Waals surface area contributed by atoms with Crippen molar-refractivity contribution >= 4 is 12.2 Å². The van der Waals surface area contributed by atoms with Gasteiger partial charge in [0.1, 0.15) is 0 Å². The van der Waals surface area contributed by atoms with Crippen molar-refractivity contribution in [3.8, 4) is 0 Å². The second kappa shape index (κ2) is 6.02. The predicted molar refractivity (Wildman–Crippen MR) is 80.5 cm³/mol. The van der Waals surface area contributed by atoms with Crippen LogP contribution in [0.3, 0.4) is 0 Å². The first-order chi connectivity index (χ1) is 8.81. The van der Waals surface area contributed by atoms with Gasteiger partial charge in [-0.2, -0.15) is 0 Å². The van der Waals surface area contributed by atoms with Crippen molar-refractivity contribution < 1.29 is 0 Å². The molecule has 0 bridgehead atoms. The van der Waals surface area contributed by atoms with Crippen molar-refractivity contribution in [3.05, 3.63) is 83.9 Å². The third kappa shape index (κ3) is 3.21. The molecule has 0 spiro atoms. The van der Waals surface area contributed by atoms with Gasteiger partial charge in [0.15, 0.2) is 0 Å². The molecule has 0 saturated carbocycles. The Bertz CT molecular complexity index is 498. The summed E-state index contributed by atoms with van der Waals surface area (Å²) in [6.45, 7) is 7.60. The van der Waals surface area contributed by atoms with E-state index in [0.717, 1.165) is 12.8 Å². The maximum absolute atomic E-state index is 3.80. The van der Waals surface area contributed by atoms with Crippen molar-refractivity contribution in [1.82, 2.24) is 0 Å². The molecule has 0 nitrogen and oxygen atoms in total. The first kappa shape index (κ1) is 12.4. The van der Waals surface area contributed by atoms with E-state index in [9.17, 15) is 0 Å². The average Bonchev–Trinajstić information content (AvgIpc) is 2.45. The van der Waals surface area contributed by atoms with Gasteiger partial charge in [0.2, 0.25) is 0 Å². The van der Waals surface area contributed by atoms with Gasteiger partial charge in [0.25, 0.3) is 0 Å². The summed E-state index contributed by atoms with van der Waals surface area (Å²) in [4.78, 5) is 0. The van der Waals surface area contributed by atoms with Gasteiger partial charge in [-0.05, 0) is 35.1 Å². The van der Waals surface area contributed by atoms with Gasteiger partial charge in [-0.15, -0.1) is 0 Å². The van der Waals surface area contributed by atoms with Gasteiger partial charge in [0, 0.05) is 0 Å². The molecule has 0 heterocycles. The second-order valence-electron chi connectivity index (χ2n) is 4.40. The number of hydrogen-bond acceptors (Lipinski definition) is 0. The summed E-state index contributed by atoms with van der Waals surface area (Å²) in [6.07, 6.45) is 5.90. The normalized spacial score (nSPS) is 10.0. The molecule has 0 fully saturated rings. The van der Waals surface area contributed by atoms with Crippen molar-refractivity contribution in [2.45, 2.75) is 12.8 Å². The van der Waals surface area contributed by atoms with Crippen molar-refractivity contribution in [3.63, 3.8) is 0 Å². The molecule has 18 heavy (non-hydrogen) atoms. The molecular weight excluding hydrogens is 216 g/mol. The largest absolute Gasteiger partial charge is 0.0985 e. The number of benzene rings is 2. The van der Waals surface area contributed by atoms with E-state index in [4.69, 9.17) is 0 Å². The Morgan fingerprint density at radius 2 is 1.17 bits per heavy atom. The van der Waals surface area contributed by atoms with E-state index in [0.29, 0.717) is 0 Å². The Labute approximate surface area is 109 Å². The molecule has 0 aliphatic carbocycles. The minimum absolute atomic E-state index is 1.06. The number of rotatable bonds is 5. The molecule has 0 heteroatoms. The van der Waals surface area contributed by atoms with Crippen molar-refractivity contribution in [1.29, 1.82) is 0 Å². The van der Waals surface area contributed by atoms with Crippen LogP contribution in [-0.4, -0.2) is 0 Å². The van der Waals surface area contributed by atoms with Crippen LogP contribution in [0.5, 0.6) is 0 Å². The van der Waals surface area contributed by atoms with E-state index in [1.807, 2.05) is 12.2 Å². The molecule has 2 aromatic rings. The van der Waals surface area contributed by atoms with Crippen molar-refractivity contribution in [2.24, 2.45) is 0 Å². The Hall–Kier alpha value is -2.08. The van der Waals surface area contributed by atoms with Gasteiger partial charge in [0.05, 0.1) is 0 Å². The maximum atomic E-state index is 3.80. The first-order valence-electron chi connectivity index (χ1n) is 6.24. The van der Waals surface area contributed by atoms with Crippen molar-refractivity contribution in [2.75, 3.05) is 0 Å². The summed E-state index contributed by atoms with van der Waals surface area (Å²) in [5.74, 6) is 0. The average molecular weight is 234 g/mol. The maximum Gasteiger partial charge on any atom is -0.0238 e. The third-order valence-electron chi connectivity index (χ3n) is 3.08. The van der Waals surface area contributed by atoms with Crippen LogP contribution in [0, 0.1) is 0 Å². The zero-order valence-electron chi connectivity index (χ0n) is 10.6. The van der Waals surface area contributed by atoms with E-state index >= 15 is 0 Å². The number of hydrogen-bond donors (Lipinski definition) is 0. The Kier molecular flexibility index (Phi) is 4.14. The van der Waals surface area contributed by atoms with E-state index in [2.05, 4.69) is 61.7 Å². The van der Waals surface area contributed by atoms with Gasteiger partial charge < -0.3 is 0 Å². The summed E-state index contributed by atoms with van der Waals surface area (Å²) in [6, 6.07) is 17.1. The van der Waals surface area contributed by atoms with E-state index in [-0.39, 0.29) is 0 Å². The smallest absolute Gasteiger partial charge is 0.0238 e. The summed E-state index contributed by atoms with van der Waals surface area (Å²) >= 11 is 0. The standard InChI is InChI=1S/C18H18/c1-3-15-7-5-9-17(13-15)11-12-18-10-6-8-16(4-2)14-18/h3-10,13-14H,1-2,11-12H2. The molecule has 2 rings (SSSR count). The second-order valence-corrected chi connectivity index (χ2v) is 4.40. The van der Waals surface area contributed by atoms with Crippen LogP contribution in [0.15, 0.2) is 61.7 Å². The van der Waals surface area contributed by atoms with Gasteiger partial charge in [-0.3, -0.25) is 0 Å². The molecule has 0 radical (unpaired) electrons. The number of aryl methyl sites for hydroxylation is 2. The molecule has 0 aliphatic heterocycles. The quantitative estimate of drug-likeness (QED) is 0.700. The molecule has 0 aromatic heterocycles. The molecule has 0 amide bonds. The molecule has 0 saturated heterocycles. The molecular formula is C18H18. The van der Waals surface area contributed by atoms with E-state index < -0.39 is 0 Å². The van der Waals surface area contributed by atoms with Crippen LogP contribution in [0.25, 0.3) is 12.2 Å². The summed E-state index contributed by atoms with van der Waals surface area (Å²) in [5, 5.41) is 0. The van der Waals surface area contributed by atoms with Crippen LogP contribution in [0.4, 0.5) is 0 Å². The lowest BCUT2D eigenvalue weighted by atomic mass is 10.0. The zero-order chi connectivity index (χ0) is 12.8. The van der Waals surface area contributed by atoms with Crippen LogP contribution in [0.2, 0.25) is 0 Å². The lowest BCUT2D eigenvalue weighted by molar-refractivity contribution is 0.959. The highest BCUT2D eigenvalue weighted by molar-refractivity contribution is 5.49. The molecule has 0 unspecified atom stereocenters. The lowest BCUT2D eigenvalue weighted by Gasteiger charge is -2.04. The highest BCUT2D eigenvalue weighted by Gasteiger charge is 1.97. The zero-order valence-corrected chi connectivity index (χ0v) is 10.6. The van der Waals surface area contributed by atoms with E-state index in [1.165, 1.54) is 22.3 Å². The van der Waals surface area contributed by atoms with Gasteiger partial charge in [-0.1, -0.05) is 73.8 Å². The first-order valence-corrected chi connectivity index (χ1v) is 6.24. The predicted octanol–water partition coefficient (Wildman–Crippen LogP) is 4.76. The minimum atomic E-state index is 1.06. The molecule has 0 aliphatic rings. The van der Waals surface area contributed by atoms with Crippen LogP contribution in [-0.2, 0) is 12.8 Å². The lowest BCUT2D eigenvalue weighted by Crippen LogP contribution is -1.92. The molecule has 0 atom stereocenters. The van der Waals surface area contributed by atoms with Crippen LogP contribution < -0.4 is 0 Å². The Balaban J connectivity index is 2.06. The van der Waals surface area contributed by atoms with Gasteiger partial charge in [-0.25, -0.2) is 0 Å². The highest BCUT2D eigenvalue weighted by atomic mass is 14.0. The fourth-order valence-corrected chi connectivity index (χ4v) is 2.04. The summed E-state index contributed by atoms with van der Waals surface area (Å²) < 4.78 is 0. The SMILES string of the molecule is C=Cc1cccc(CCc2cccc(C=C)c2)c1. The molecule has 2 aromatic carbocycles. The fraction of sp³-hybridized carbons (Fsp3) is 0.111. The summed E-state index contributed by atoms with van der Waals surface area (Å²) in [5.41, 5.74) is 5.09. The highest BCUT2D eigenvalue weighted by Crippen LogP contribution is 2.12. The monoisotopic (exact) mass is 234 g/mol. The topological polar surface area (TPSA) is 0 Å². The Morgan fingerprint density at radius 1 is 0.722 bits per heavy atom. The third-order valence-corrected chi connectivity index (χ3v) is 3.08. The minimum Gasteiger partial charge on any atom is -0.0985 e. The fourth-order valence-electron chi connectivity index (χ4n) is 2.04.